The van der Waals surface area contributed by atoms with Gasteiger partial charge in [-0.15, -0.1) is 0 Å². The fourth-order valence-corrected chi connectivity index (χ4v) is 1.42. The van der Waals surface area contributed by atoms with Gasteiger partial charge in [0.05, 0.1) is 5.84 Å². The molecule has 0 aromatic carbocycles. The first-order valence-electron chi connectivity index (χ1n) is 3.93. The maximum absolute atomic E-state index is 7.24. The largest absolute Gasteiger partial charge is 0.387 e. The van der Waals surface area contributed by atoms with E-state index in [4.69, 9.17) is 11.1 Å². The second kappa shape index (κ2) is 4.18. The average molecular weight is 199 g/mol. The van der Waals surface area contributed by atoms with Crippen molar-refractivity contribution in [1.82, 2.24) is 9.36 Å². The number of nitrogens with one attached hydrogen (secondary N) is 1. The Labute approximate surface area is 81.3 Å². The van der Waals surface area contributed by atoms with Gasteiger partial charge in [0.2, 0.25) is 5.13 Å². The molecule has 0 saturated heterocycles. The van der Waals surface area contributed by atoms with Crippen LogP contribution in [0.3, 0.4) is 0 Å². The highest BCUT2D eigenvalue weighted by molar-refractivity contribution is 7.09. The zero-order chi connectivity index (χ0) is 9.84. The van der Waals surface area contributed by atoms with E-state index >= 15 is 0 Å². The second-order valence-electron chi connectivity index (χ2n) is 2.96. The highest BCUT2D eigenvalue weighted by Crippen LogP contribution is 2.13. The molecule has 1 heterocycles. The Hall–Kier alpha value is -1.17. The molecule has 0 saturated carbocycles. The molecule has 0 spiro atoms. The van der Waals surface area contributed by atoms with E-state index in [1.807, 2.05) is 18.9 Å². The van der Waals surface area contributed by atoms with Gasteiger partial charge in [0, 0.05) is 31.0 Å². The van der Waals surface area contributed by atoms with Crippen molar-refractivity contribution in [3.63, 3.8) is 0 Å². The van der Waals surface area contributed by atoms with Crippen molar-refractivity contribution >= 4 is 22.5 Å². The van der Waals surface area contributed by atoms with Crippen molar-refractivity contribution in [3.8, 4) is 0 Å². The van der Waals surface area contributed by atoms with E-state index in [9.17, 15) is 0 Å². The monoisotopic (exact) mass is 199 g/mol. The van der Waals surface area contributed by atoms with E-state index in [-0.39, 0.29) is 11.8 Å². The van der Waals surface area contributed by atoms with Gasteiger partial charge < -0.3 is 10.6 Å². The summed E-state index contributed by atoms with van der Waals surface area (Å²) < 4.78 is 3.90. The molecular formula is C7H13N5S. The molecule has 0 fully saturated rings. The van der Waals surface area contributed by atoms with Gasteiger partial charge in [0.25, 0.3) is 0 Å². The summed E-state index contributed by atoms with van der Waals surface area (Å²) in [5.41, 5.74) is 5.36. The molecule has 0 bridgehead atoms. The summed E-state index contributed by atoms with van der Waals surface area (Å²) in [7, 11) is 1.92. The Kier molecular flexibility index (Phi) is 3.18. The molecule has 1 atom stereocenters. The maximum atomic E-state index is 7.24. The van der Waals surface area contributed by atoms with Crippen LogP contribution in [0.15, 0.2) is 6.33 Å². The highest BCUT2D eigenvalue weighted by atomic mass is 32.1. The van der Waals surface area contributed by atoms with Crippen LogP contribution >= 0.6 is 11.5 Å². The Bertz CT molecular complexity index is 270. The van der Waals surface area contributed by atoms with Crippen LogP contribution in [0, 0.1) is 11.3 Å². The molecule has 1 aromatic heterocycles. The summed E-state index contributed by atoms with van der Waals surface area (Å²) in [4.78, 5) is 6.00. The molecule has 0 radical (unpaired) electrons. The van der Waals surface area contributed by atoms with Gasteiger partial charge in [-0.05, 0) is 0 Å². The molecule has 1 unspecified atom stereocenters. The number of rotatable bonds is 4. The van der Waals surface area contributed by atoms with Gasteiger partial charge in [-0.3, -0.25) is 5.41 Å². The summed E-state index contributed by atoms with van der Waals surface area (Å²) in [6.07, 6.45) is 1.52. The first kappa shape index (κ1) is 9.91. The van der Waals surface area contributed by atoms with Crippen molar-refractivity contribution in [3.05, 3.63) is 6.33 Å². The molecule has 0 amide bonds. The van der Waals surface area contributed by atoms with Gasteiger partial charge in [-0.2, -0.15) is 4.37 Å². The van der Waals surface area contributed by atoms with Crippen LogP contribution in [0.2, 0.25) is 0 Å². The summed E-state index contributed by atoms with van der Waals surface area (Å²) in [5.74, 6) is 0.255. The second-order valence-corrected chi connectivity index (χ2v) is 3.72. The standard InChI is InChI=1S/C7H13N5S/c1-5(6(8)9)3-12(2)7-10-4-11-13-7/h4-5H,3H2,1-2H3,(H3,8,9). The lowest BCUT2D eigenvalue weighted by Gasteiger charge is -2.19. The number of amidine groups is 1. The molecule has 3 N–H and O–H groups in total. The quantitative estimate of drug-likeness (QED) is 0.548. The van der Waals surface area contributed by atoms with Crippen LogP contribution in [-0.4, -0.2) is 28.8 Å². The Balaban J connectivity index is 2.51. The third-order valence-electron chi connectivity index (χ3n) is 1.75. The predicted octanol–water partition coefficient (Wildman–Crippen LogP) is 0.546. The lowest BCUT2D eigenvalue weighted by molar-refractivity contribution is 0.727. The van der Waals surface area contributed by atoms with E-state index < -0.39 is 0 Å². The topological polar surface area (TPSA) is 78.9 Å². The first-order chi connectivity index (χ1) is 6.11. The van der Waals surface area contributed by atoms with Crippen LogP contribution in [0.25, 0.3) is 0 Å². The van der Waals surface area contributed by atoms with E-state index in [0.29, 0.717) is 6.54 Å². The van der Waals surface area contributed by atoms with Crippen molar-refractivity contribution in [1.29, 1.82) is 5.41 Å². The van der Waals surface area contributed by atoms with Crippen LogP contribution in [0.5, 0.6) is 0 Å². The van der Waals surface area contributed by atoms with E-state index in [1.165, 1.54) is 17.9 Å². The van der Waals surface area contributed by atoms with E-state index in [0.717, 1.165) is 5.13 Å². The molecule has 72 valence electrons. The van der Waals surface area contributed by atoms with Crippen molar-refractivity contribution in [2.75, 3.05) is 18.5 Å². The molecule has 0 aliphatic rings. The lowest BCUT2D eigenvalue weighted by atomic mass is 10.1. The van der Waals surface area contributed by atoms with Crippen molar-refractivity contribution in [2.24, 2.45) is 11.7 Å². The number of hydrogen-bond acceptors (Lipinski definition) is 5. The van der Waals surface area contributed by atoms with Gasteiger partial charge in [-0.25, -0.2) is 4.98 Å². The number of anilines is 1. The van der Waals surface area contributed by atoms with Crippen LogP contribution in [-0.2, 0) is 0 Å². The van der Waals surface area contributed by atoms with Crippen LogP contribution < -0.4 is 10.6 Å². The number of nitrogens with two attached hydrogens (primary N) is 1. The Morgan fingerprint density at radius 2 is 2.54 bits per heavy atom. The van der Waals surface area contributed by atoms with E-state index in [1.54, 1.807) is 0 Å². The normalized spacial score (nSPS) is 12.5. The Morgan fingerprint density at radius 1 is 1.85 bits per heavy atom. The minimum absolute atomic E-state index is 0.0499. The van der Waals surface area contributed by atoms with Gasteiger partial charge in [0.1, 0.15) is 6.33 Å². The SMILES string of the molecule is CC(CN(C)c1ncns1)C(=N)N. The average Bonchev–Trinajstić information content (AvgIpc) is 2.55. The van der Waals surface area contributed by atoms with Crippen LogP contribution in [0.1, 0.15) is 6.92 Å². The fourth-order valence-electron chi connectivity index (χ4n) is 0.923. The maximum Gasteiger partial charge on any atom is 0.204 e. The third kappa shape index (κ3) is 2.66. The molecule has 6 heteroatoms. The minimum Gasteiger partial charge on any atom is -0.387 e. The van der Waals surface area contributed by atoms with Gasteiger partial charge in [-0.1, -0.05) is 6.92 Å². The molecular weight excluding hydrogens is 186 g/mol. The molecule has 13 heavy (non-hydrogen) atoms. The lowest BCUT2D eigenvalue weighted by Crippen LogP contribution is -2.31. The zero-order valence-electron chi connectivity index (χ0n) is 7.69. The van der Waals surface area contributed by atoms with E-state index in [2.05, 4.69) is 9.36 Å². The number of nitrogens with zero attached hydrogens (tertiary/aromatic N) is 3. The summed E-state index contributed by atoms with van der Waals surface area (Å²) in [5, 5.41) is 8.09. The Morgan fingerprint density at radius 3 is 3.00 bits per heavy atom. The molecule has 0 aliphatic carbocycles. The molecule has 1 rings (SSSR count). The predicted molar refractivity (Wildman–Crippen MR) is 54.3 cm³/mol. The van der Waals surface area contributed by atoms with Gasteiger partial charge in [0.15, 0.2) is 0 Å². The molecule has 5 nitrogen and oxygen atoms in total. The molecule has 0 aliphatic heterocycles. The van der Waals surface area contributed by atoms with Gasteiger partial charge >= 0.3 is 0 Å². The highest BCUT2D eigenvalue weighted by Gasteiger charge is 2.11. The van der Waals surface area contributed by atoms with Crippen molar-refractivity contribution in [2.45, 2.75) is 6.92 Å². The van der Waals surface area contributed by atoms with Crippen LogP contribution in [0.4, 0.5) is 5.13 Å². The first-order valence-corrected chi connectivity index (χ1v) is 4.70. The summed E-state index contributed by atoms with van der Waals surface area (Å²) in [6.45, 7) is 2.62. The van der Waals surface area contributed by atoms with Crippen molar-refractivity contribution < 1.29 is 0 Å². The summed E-state index contributed by atoms with van der Waals surface area (Å²) in [6, 6.07) is 0. The minimum atomic E-state index is 0.0499. The summed E-state index contributed by atoms with van der Waals surface area (Å²) >= 11 is 1.34. The molecule has 1 aromatic rings. The number of hydrogen-bond donors (Lipinski definition) is 2. The third-order valence-corrected chi connectivity index (χ3v) is 2.53. The zero-order valence-corrected chi connectivity index (χ0v) is 8.51. The number of aromatic nitrogens is 2. The fraction of sp³-hybridized carbons (Fsp3) is 0.571. The smallest absolute Gasteiger partial charge is 0.204 e.